The summed E-state index contributed by atoms with van der Waals surface area (Å²) in [6, 6.07) is 5.14. The van der Waals surface area contributed by atoms with E-state index < -0.39 is 0 Å². The van der Waals surface area contributed by atoms with Gasteiger partial charge in [-0.15, -0.1) is 0 Å². The first-order chi connectivity index (χ1) is 6.66. The van der Waals surface area contributed by atoms with E-state index in [0.717, 1.165) is 4.43 Å². The highest BCUT2D eigenvalue weighted by Gasteiger charge is 2.10. The van der Waals surface area contributed by atoms with Crippen molar-refractivity contribution < 1.29 is 9.90 Å². The second kappa shape index (κ2) is 5.19. The van der Waals surface area contributed by atoms with Gasteiger partial charge in [-0.05, 0) is 18.6 Å². The van der Waals surface area contributed by atoms with Gasteiger partial charge in [0.2, 0.25) is 0 Å². The van der Waals surface area contributed by atoms with E-state index in [9.17, 15) is 9.90 Å². The van der Waals surface area contributed by atoms with Crippen LogP contribution in [0.25, 0.3) is 0 Å². The molecule has 0 saturated heterocycles. The predicted molar refractivity (Wildman–Crippen MR) is 64.1 cm³/mol. The molecule has 0 spiro atoms. The van der Waals surface area contributed by atoms with E-state index in [2.05, 4.69) is 27.9 Å². The van der Waals surface area contributed by atoms with E-state index in [1.165, 1.54) is 0 Å². The number of para-hydroxylation sites is 1. The summed E-state index contributed by atoms with van der Waals surface area (Å²) < 4.78 is 0.857. The van der Waals surface area contributed by atoms with Crippen molar-refractivity contribution in [1.29, 1.82) is 0 Å². The van der Waals surface area contributed by atoms with Crippen LogP contribution in [-0.2, 0) is 0 Å². The Morgan fingerprint density at radius 1 is 1.57 bits per heavy atom. The average molecular weight is 305 g/mol. The number of benzene rings is 1. The number of halogens is 1. The number of hydrogen-bond acceptors (Lipinski definition) is 2. The molecule has 0 unspecified atom stereocenters. The van der Waals surface area contributed by atoms with Gasteiger partial charge in [0.25, 0.3) is 5.91 Å². The fourth-order valence-corrected chi connectivity index (χ4v) is 1.37. The molecular formula is C10H12INO2. The molecule has 0 aromatic heterocycles. The molecule has 0 heterocycles. The van der Waals surface area contributed by atoms with Crippen LogP contribution in [0.1, 0.15) is 15.9 Å². The monoisotopic (exact) mass is 305 g/mol. The maximum Gasteiger partial charge on any atom is 0.255 e. The number of amides is 1. The topological polar surface area (TPSA) is 49.3 Å². The highest BCUT2D eigenvalue weighted by molar-refractivity contribution is 14.1. The summed E-state index contributed by atoms with van der Waals surface area (Å²) in [5.74, 6) is -0.152. The van der Waals surface area contributed by atoms with E-state index in [1.54, 1.807) is 25.1 Å². The van der Waals surface area contributed by atoms with Crippen molar-refractivity contribution >= 4 is 28.5 Å². The number of aromatic hydroxyl groups is 1. The first-order valence-electron chi connectivity index (χ1n) is 4.29. The zero-order valence-corrected chi connectivity index (χ0v) is 10.0. The van der Waals surface area contributed by atoms with Gasteiger partial charge in [0, 0.05) is 11.0 Å². The van der Waals surface area contributed by atoms with Crippen molar-refractivity contribution in [2.24, 2.45) is 0 Å². The minimum absolute atomic E-state index is 0.0680. The smallest absolute Gasteiger partial charge is 0.255 e. The number of phenolic OH excluding ortho intramolecular Hbond substituents is 1. The summed E-state index contributed by atoms with van der Waals surface area (Å²) >= 11 is 2.18. The Morgan fingerprint density at radius 3 is 2.93 bits per heavy atom. The molecule has 76 valence electrons. The average Bonchev–Trinajstić information content (AvgIpc) is 2.18. The van der Waals surface area contributed by atoms with E-state index >= 15 is 0 Å². The van der Waals surface area contributed by atoms with Crippen LogP contribution in [0.5, 0.6) is 5.75 Å². The van der Waals surface area contributed by atoms with Crippen molar-refractivity contribution in [2.75, 3.05) is 11.0 Å². The van der Waals surface area contributed by atoms with Crippen molar-refractivity contribution in [3.8, 4) is 5.75 Å². The van der Waals surface area contributed by atoms with Crippen molar-refractivity contribution in [2.45, 2.75) is 6.92 Å². The summed E-state index contributed by atoms with van der Waals surface area (Å²) in [4.78, 5) is 11.5. The van der Waals surface area contributed by atoms with Crippen LogP contribution in [0, 0.1) is 6.92 Å². The zero-order chi connectivity index (χ0) is 10.6. The van der Waals surface area contributed by atoms with E-state index in [4.69, 9.17) is 0 Å². The predicted octanol–water partition coefficient (Wildman–Crippen LogP) is 1.87. The molecule has 2 N–H and O–H groups in total. The van der Waals surface area contributed by atoms with Crippen LogP contribution >= 0.6 is 22.6 Å². The molecule has 0 radical (unpaired) electrons. The maximum absolute atomic E-state index is 11.5. The molecule has 0 fully saturated rings. The van der Waals surface area contributed by atoms with Gasteiger partial charge in [0.15, 0.2) is 0 Å². The Kier molecular flexibility index (Phi) is 4.19. The summed E-state index contributed by atoms with van der Waals surface area (Å²) in [5.41, 5.74) is 1.06. The Morgan fingerprint density at radius 2 is 2.29 bits per heavy atom. The van der Waals surface area contributed by atoms with Crippen molar-refractivity contribution in [3.63, 3.8) is 0 Å². The number of rotatable bonds is 3. The quantitative estimate of drug-likeness (QED) is 0.661. The normalized spacial score (nSPS) is 9.86. The molecule has 0 aliphatic rings. The third-order valence-electron chi connectivity index (χ3n) is 1.86. The van der Waals surface area contributed by atoms with Crippen LogP contribution < -0.4 is 5.32 Å². The second-order valence-corrected chi connectivity index (χ2v) is 3.99. The zero-order valence-electron chi connectivity index (χ0n) is 7.88. The van der Waals surface area contributed by atoms with Crippen LogP contribution in [0.2, 0.25) is 0 Å². The Balaban J connectivity index is 2.84. The number of alkyl halides is 1. The molecule has 1 rings (SSSR count). The first-order valence-corrected chi connectivity index (χ1v) is 5.82. The Hall–Kier alpha value is -0.780. The minimum Gasteiger partial charge on any atom is -0.507 e. The van der Waals surface area contributed by atoms with Gasteiger partial charge in [0.05, 0.1) is 5.56 Å². The molecular weight excluding hydrogens is 293 g/mol. The van der Waals surface area contributed by atoms with Crippen molar-refractivity contribution in [3.05, 3.63) is 29.3 Å². The van der Waals surface area contributed by atoms with Crippen LogP contribution in [0.3, 0.4) is 0 Å². The number of carbonyl (C=O) groups excluding carboxylic acids is 1. The molecule has 3 nitrogen and oxygen atoms in total. The highest BCUT2D eigenvalue weighted by Crippen LogP contribution is 2.20. The molecule has 0 saturated carbocycles. The fourth-order valence-electron chi connectivity index (χ4n) is 1.10. The Bertz CT molecular complexity index is 339. The lowest BCUT2D eigenvalue weighted by molar-refractivity contribution is 0.0953. The highest BCUT2D eigenvalue weighted by atomic mass is 127. The van der Waals surface area contributed by atoms with Gasteiger partial charge in [-0.3, -0.25) is 4.79 Å². The third kappa shape index (κ3) is 2.60. The molecule has 0 aliphatic carbocycles. The van der Waals surface area contributed by atoms with Gasteiger partial charge in [-0.2, -0.15) is 0 Å². The van der Waals surface area contributed by atoms with E-state index in [-0.39, 0.29) is 11.7 Å². The molecule has 1 aromatic carbocycles. The molecule has 0 bridgehead atoms. The number of hydrogen-bond donors (Lipinski definition) is 2. The third-order valence-corrected chi connectivity index (χ3v) is 2.40. The largest absolute Gasteiger partial charge is 0.507 e. The minimum atomic E-state index is -0.220. The van der Waals surface area contributed by atoms with Gasteiger partial charge in [0.1, 0.15) is 5.75 Å². The summed E-state index contributed by atoms with van der Waals surface area (Å²) in [6.45, 7) is 2.39. The SMILES string of the molecule is Cc1cccc(C(=O)NCCI)c1O. The molecule has 4 heteroatoms. The molecule has 0 aliphatic heterocycles. The lowest BCUT2D eigenvalue weighted by Crippen LogP contribution is -2.25. The molecule has 1 aromatic rings. The van der Waals surface area contributed by atoms with Gasteiger partial charge >= 0.3 is 0 Å². The van der Waals surface area contributed by atoms with Crippen LogP contribution in [-0.4, -0.2) is 22.0 Å². The summed E-state index contributed by atoms with van der Waals surface area (Å²) in [5, 5.41) is 12.3. The molecule has 1 amide bonds. The lowest BCUT2D eigenvalue weighted by Gasteiger charge is -2.06. The first kappa shape index (κ1) is 11.3. The number of nitrogens with one attached hydrogen (secondary N) is 1. The van der Waals surface area contributed by atoms with Gasteiger partial charge < -0.3 is 10.4 Å². The van der Waals surface area contributed by atoms with E-state index in [0.29, 0.717) is 17.7 Å². The lowest BCUT2D eigenvalue weighted by atomic mass is 10.1. The standard InChI is InChI=1S/C10H12INO2/c1-7-3-2-4-8(9(7)13)10(14)12-6-5-11/h2-4,13H,5-6H2,1H3,(H,12,14). The van der Waals surface area contributed by atoms with Crippen molar-refractivity contribution in [1.82, 2.24) is 5.32 Å². The summed E-state index contributed by atoms with van der Waals surface area (Å²) in [7, 11) is 0. The van der Waals surface area contributed by atoms with E-state index in [1.807, 2.05) is 0 Å². The number of carbonyl (C=O) groups is 1. The van der Waals surface area contributed by atoms with Crippen LogP contribution in [0.15, 0.2) is 18.2 Å². The number of aryl methyl sites for hydroxylation is 1. The molecule has 0 atom stereocenters. The summed E-state index contributed by atoms with van der Waals surface area (Å²) in [6.07, 6.45) is 0. The van der Waals surface area contributed by atoms with Crippen LogP contribution in [0.4, 0.5) is 0 Å². The number of phenols is 1. The maximum atomic E-state index is 11.5. The van der Waals surface area contributed by atoms with Gasteiger partial charge in [-0.1, -0.05) is 34.7 Å². The fraction of sp³-hybridized carbons (Fsp3) is 0.300. The second-order valence-electron chi connectivity index (χ2n) is 2.92. The Labute approximate surface area is 96.7 Å². The van der Waals surface area contributed by atoms with Gasteiger partial charge in [-0.25, -0.2) is 0 Å². The molecule has 14 heavy (non-hydrogen) atoms.